The van der Waals surface area contributed by atoms with E-state index in [2.05, 4.69) is 20.9 Å². The third-order valence-electron chi connectivity index (χ3n) is 2.67. The smallest absolute Gasteiger partial charge is 0.313 e. The zero-order valence-electron chi connectivity index (χ0n) is 10.5. The standard InChI is InChI=1S/C13H14BrN3O2/c1-2-17-6-5-16-12(13(17)18)19-11-4-3-10(14)7-9(11)8-15/h3-7H,2,8,15H2,1H3. The molecule has 0 aliphatic rings. The number of nitrogens with two attached hydrogens (primary N) is 1. The minimum absolute atomic E-state index is 0.0568. The van der Waals surface area contributed by atoms with Gasteiger partial charge >= 0.3 is 5.56 Å². The van der Waals surface area contributed by atoms with Crippen molar-refractivity contribution in [1.82, 2.24) is 9.55 Å². The molecule has 2 N–H and O–H groups in total. The fourth-order valence-electron chi connectivity index (χ4n) is 1.66. The van der Waals surface area contributed by atoms with Crippen molar-refractivity contribution in [3.63, 3.8) is 0 Å². The number of nitrogens with zero attached hydrogens (tertiary/aromatic N) is 2. The SMILES string of the molecule is CCn1ccnc(Oc2ccc(Br)cc2CN)c1=O. The fourth-order valence-corrected chi connectivity index (χ4v) is 2.07. The van der Waals surface area contributed by atoms with Crippen molar-refractivity contribution in [1.29, 1.82) is 0 Å². The number of ether oxygens (including phenoxy) is 1. The highest BCUT2D eigenvalue weighted by Gasteiger charge is 2.09. The Morgan fingerprint density at radius 3 is 2.95 bits per heavy atom. The summed E-state index contributed by atoms with van der Waals surface area (Å²) < 4.78 is 8.02. The second-order valence-electron chi connectivity index (χ2n) is 3.88. The van der Waals surface area contributed by atoms with Crippen molar-refractivity contribution < 1.29 is 4.74 Å². The molecule has 1 aromatic carbocycles. The van der Waals surface area contributed by atoms with Gasteiger partial charge in [0.05, 0.1) is 0 Å². The fraction of sp³-hybridized carbons (Fsp3) is 0.231. The molecule has 0 aliphatic carbocycles. The van der Waals surface area contributed by atoms with Gasteiger partial charge in [-0.15, -0.1) is 0 Å². The van der Waals surface area contributed by atoms with Crippen molar-refractivity contribution in [2.75, 3.05) is 0 Å². The normalized spacial score (nSPS) is 10.5. The van der Waals surface area contributed by atoms with Crippen molar-refractivity contribution in [2.24, 2.45) is 5.73 Å². The number of hydrogen-bond donors (Lipinski definition) is 1. The van der Waals surface area contributed by atoms with Crippen LogP contribution < -0.4 is 16.0 Å². The lowest BCUT2D eigenvalue weighted by atomic mass is 10.2. The second-order valence-corrected chi connectivity index (χ2v) is 4.80. The van der Waals surface area contributed by atoms with Gasteiger partial charge in [0.15, 0.2) is 0 Å². The molecule has 0 saturated carbocycles. The molecule has 2 aromatic rings. The summed E-state index contributed by atoms with van der Waals surface area (Å²) in [5, 5.41) is 0. The minimum atomic E-state index is -0.254. The molecule has 0 fully saturated rings. The van der Waals surface area contributed by atoms with Crippen molar-refractivity contribution >= 4 is 15.9 Å². The summed E-state index contributed by atoms with van der Waals surface area (Å²) >= 11 is 3.37. The van der Waals surface area contributed by atoms with Crippen LogP contribution in [0.1, 0.15) is 12.5 Å². The molecule has 1 heterocycles. The average Bonchev–Trinajstić information content (AvgIpc) is 2.42. The molecular formula is C13H14BrN3O2. The number of benzene rings is 1. The molecule has 0 bridgehead atoms. The first-order valence-electron chi connectivity index (χ1n) is 5.87. The molecule has 6 heteroatoms. The van der Waals surface area contributed by atoms with E-state index in [0.717, 1.165) is 10.0 Å². The highest BCUT2D eigenvalue weighted by Crippen LogP contribution is 2.25. The van der Waals surface area contributed by atoms with E-state index in [0.29, 0.717) is 18.8 Å². The van der Waals surface area contributed by atoms with Gasteiger partial charge in [-0.05, 0) is 25.1 Å². The van der Waals surface area contributed by atoms with Gasteiger partial charge in [-0.1, -0.05) is 15.9 Å². The monoisotopic (exact) mass is 323 g/mol. The molecule has 100 valence electrons. The topological polar surface area (TPSA) is 70.1 Å². The van der Waals surface area contributed by atoms with Crippen LogP contribution in [0.25, 0.3) is 0 Å². The van der Waals surface area contributed by atoms with Crippen LogP contribution in [0.3, 0.4) is 0 Å². The molecule has 19 heavy (non-hydrogen) atoms. The van der Waals surface area contributed by atoms with E-state index in [1.807, 2.05) is 19.1 Å². The maximum Gasteiger partial charge on any atom is 0.313 e. The Kier molecular flexibility index (Phi) is 4.34. The van der Waals surface area contributed by atoms with Gasteiger partial charge in [0.1, 0.15) is 5.75 Å². The highest BCUT2D eigenvalue weighted by atomic mass is 79.9. The molecule has 0 aliphatic heterocycles. The average molecular weight is 324 g/mol. The van der Waals surface area contributed by atoms with Gasteiger partial charge < -0.3 is 15.0 Å². The van der Waals surface area contributed by atoms with Gasteiger partial charge in [-0.2, -0.15) is 0 Å². The molecule has 5 nitrogen and oxygen atoms in total. The van der Waals surface area contributed by atoms with Gasteiger partial charge in [0, 0.05) is 35.5 Å². The van der Waals surface area contributed by atoms with Crippen LogP contribution in [0.2, 0.25) is 0 Å². The van der Waals surface area contributed by atoms with Crippen LogP contribution in [0.5, 0.6) is 11.6 Å². The first-order valence-corrected chi connectivity index (χ1v) is 6.66. The van der Waals surface area contributed by atoms with Crippen LogP contribution >= 0.6 is 15.9 Å². The molecule has 0 radical (unpaired) electrons. The van der Waals surface area contributed by atoms with E-state index >= 15 is 0 Å². The Morgan fingerprint density at radius 1 is 1.47 bits per heavy atom. The van der Waals surface area contributed by atoms with Gasteiger partial charge in [0.2, 0.25) is 0 Å². The highest BCUT2D eigenvalue weighted by molar-refractivity contribution is 9.10. The van der Waals surface area contributed by atoms with E-state index in [1.54, 1.807) is 18.5 Å². The van der Waals surface area contributed by atoms with Crippen molar-refractivity contribution in [3.8, 4) is 11.6 Å². The molecule has 1 aromatic heterocycles. The molecular weight excluding hydrogens is 310 g/mol. The Labute approximate surface area is 119 Å². The summed E-state index contributed by atoms with van der Waals surface area (Å²) in [6, 6.07) is 5.45. The summed E-state index contributed by atoms with van der Waals surface area (Å²) in [6.07, 6.45) is 3.17. The Morgan fingerprint density at radius 2 is 2.26 bits per heavy atom. The van der Waals surface area contributed by atoms with Gasteiger partial charge in [0.25, 0.3) is 5.88 Å². The Balaban J connectivity index is 2.39. The summed E-state index contributed by atoms with van der Waals surface area (Å²) in [5.41, 5.74) is 6.22. The number of aryl methyl sites for hydroxylation is 1. The molecule has 0 amide bonds. The van der Waals surface area contributed by atoms with Crippen LogP contribution in [0.15, 0.2) is 39.9 Å². The third kappa shape index (κ3) is 3.02. The second kappa shape index (κ2) is 5.99. The molecule has 0 unspecified atom stereocenters. The zero-order chi connectivity index (χ0) is 13.8. The maximum atomic E-state index is 12.0. The molecule has 0 spiro atoms. The van der Waals surface area contributed by atoms with Crippen molar-refractivity contribution in [3.05, 3.63) is 51.0 Å². The zero-order valence-corrected chi connectivity index (χ0v) is 12.1. The Bertz CT molecular complexity index is 640. The van der Waals surface area contributed by atoms with E-state index in [4.69, 9.17) is 10.5 Å². The largest absolute Gasteiger partial charge is 0.434 e. The summed E-state index contributed by atoms with van der Waals surface area (Å²) in [7, 11) is 0. The maximum absolute atomic E-state index is 12.0. The van der Waals surface area contributed by atoms with Crippen LogP contribution in [-0.2, 0) is 13.1 Å². The van der Waals surface area contributed by atoms with E-state index in [1.165, 1.54) is 4.57 Å². The summed E-state index contributed by atoms with van der Waals surface area (Å²) in [6.45, 7) is 2.78. The summed E-state index contributed by atoms with van der Waals surface area (Å²) in [4.78, 5) is 16.0. The van der Waals surface area contributed by atoms with Crippen LogP contribution in [0.4, 0.5) is 0 Å². The lowest BCUT2D eigenvalue weighted by Gasteiger charge is -2.10. The van der Waals surface area contributed by atoms with Crippen LogP contribution in [-0.4, -0.2) is 9.55 Å². The van der Waals surface area contributed by atoms with E-state index in [9.17, 15) is 4.79 Å². The predicted molar refractivity (Wildman–Crippen MR) is 76.3 cm³/mol. The third-order valence-corrected chi connectivity index (χ3v) is 3.17. The van der Waals surface area contributed by atoms with E-state index in [-0.39, 0.29) is 11.4 Å². The number of halogens is 1. The molecule has 0 atom stereocenters. The lowest BCUT2D eigenvalue weighted by molar-refractivity contribution is 0.440. The number of aromatic nitrogens is 2. The summed E-state index contributed by atoms with van der Waals surface area (Å²) in [5.74, 6) is 0.602. The lowest BCUT2D eigenvalue weighted by Crippen LogP contribution is -2.20. The van der Waals surface area contributed by atoms with Crippen molar-refractivity contribution in [2.45, 2.75) is 20.0 Å². The quantitative estimate of drug-likeness (QED) is 0.937. The first kappa shape index (κ1) is 13.8. The number of hydrogen-bond acceptors (Lipinski definition) is 4. The number of rotatable bonds is 4. The predicted octanol–water partition coefficient (Wildman–Crippen LogP) is 2.28. The Hall–Kier alpha value is -1.66. The first-order chi connectivity index (χ1) is 9.15. The van der Waals surface area contributed by atoms with Gasteiger partial charge in [-0.3, -0.25) is 4.79 Å². The molecule has 2 rings (SSSR count). The molecule has 0 saturated heterocycles. The van der Waals surface area contributed by atoms with Crippen LogP contribution in [0, 0.1) is 0 Å². The van der Waals surface area contributed by atoms with Gasteiger partial charge in [-0.25, -0.2) is 4.98 Å². The minimum Gasteiger partial charge on any atom is -0.434 e. The van der Waals surface area contributed by atoms with E-state index < -0.39 is 0 Å².